The standard InChI is InChI=1S/C32H27F3N6O2S/c1-19-13-20(2)29(21(3)14-19)41-22(4)17-44-31(41)38-28(42)15-25(16-36)23-5-7-24(8-6-23)30-37-18-40(39-30)26-9-11-27(12-10-26)43-32(33,34)35/h5-14,17-18,25H,15H2,1-4H3. The largest absolute Gasteiger partial charge is 0.573 e. The van der Waals surface area contributed by atoms with E-state index in [1.54, 1.807) is 24.3 Å². The van der Waals surface area contributed by atoms with Gasteiger partial charge in [-0.05, 0) is 68.7 Å². The molecule has 1 amide bonds. The summed E-state index contributed by atoms with van der Waals surface area (Å²) in [6, 6.07) is 18.7. The molecular weight excluding hydrogens is 589 g/mol. The molecule has 0 aliphatic carbocycles. The molecule has 0 radical (unpaired) electrons. The maximum Gasteiger partial charge on any atom is 0.573 e. The maximum atomic E-state index is 13.1. The van der Waals surface area contributed by atoms with Gasteiger partial charge in [-0.1, -0.05) is 42.0 Å². The van der Waals surface area contributed by atoms with Crippen LogP contribution in [-0.2, 0) is 4.79 Å². The Bertz CT molecular complexity index is 1910. The number of carbonyl (C=O) groups excluding carboxylic acids is 1. The van der Waals surface area contributed by atoms with Crippen molar-refractivity contribution < 1.29 is 22.7 Å². The van der Waals surface area contributed by atoms with Crippen molar-refractivity contribution in [2.24, 2.45) is 4.99 Å². The fourth-order valence-corrected chi connectivity index (χ4v) is 5.89. The molecule has 0 fully saturated rings. The topological polar surface area (TPSA) is 98.1 Å². The fourth-order valence-electron chi connectivity index (χ4n) is 5.02. The molecule has 2 aromatic heterocycles. The number of nitrogens with zero attached hydrogens (tertiary/aromatic N) is 6. The van der Waals surface area contributed by atoms with Crippen LogP contribution in [0.25, 0.3) is 22.8 Å². The minimum atomic E-state index is -4.77. The Morgan fingerprint density at radius 3 is 2.32 bits per heavy atom. The summed E-state index contributed by atoms with van der Waals surface area (Å²) in [5, 5.41) is 16.2. The number of hydrogen-bond acceptors (Lipinski definition) is 6. The molecule has 224 valence electrons. The van der Waals surface area contributed by atoms with Crippen LogP contribution in [-0.4, -0.2) is 31.6 Å². The first-order valence-corrected chi connectivity index (χ1v) is 14.4. The first kappa shape index (κ1) is 30.4. The third kappa shape index (κ3) is 6.79. The Morgan fingerprint density at radius 2 is 1.70 bits per heavy atom. The molecule has 5 aromatic rings. The van der Waals surface area contributed by atoms with Crippen molar-refractivity contribution in [2.45, 2.75) is 46.4 Å². The summed E-state index contributed by atoms with van der Waals surface area (Å²) in [4.78, 5) is 22.3. The van der Waals surface area contributed by atoms with Gasteiger partial charge in [-0.15, -0.1) is 29.6 Å². The van der Waals surface area contributed by atoms with Gasteiger partial charge in [-0.25, -0.2) is 9.67 Å². The number of aromatic nitrogens is 4. The molecule has 12 heteroatoms. The van der Waals surface area contributed by atoms with E-state index in [0.29, 0.717) is 27.4 Å². The predicted octanol–water partition coefficient (Wildman–Crippen LogP) is 7.04. The molecule has 0 N–H and O–H groups in total. The van der Waals surface area contributed by atoms with Crippen molar-refractivity contribution in [3.05, 3.63) is 105 Å². The Labute approximate surface area is 255 Å². The first-order chi connectivity index (χ1) is 20.9. The summed E-state index contributed by atoms with van der Waals surface area (Å²) in [6.45, 7) is 8.09. The summed E-state index contributed by atoms with van der Waals surface area (Å²) in [5.41, 5.74) is 7.10. The normalized spacial score (nSPS) is 12.6. The van der Waals surface area contributed by atoms with Crippen molar-refractivity contribution >= 4 is 17.2 Å². The second kappa shape index (κ2) is 12.3. The van der Waals surface area contributed by atoms with E-state index in [9.17, 15) is 23.2 Å². The quantitative estimate of drug-likeness (QED) is 0.195. The van der Waals surface area contributed by atoms with E-state index in [2.05, 4.69) is 38.0 Å². The molecule has 1 atom stereocenters. The van der Waals surface area contributed by atoms with Gasteiger partial charge in [0.25, 0.3) is 0 Å². The maximum absolute atomic E-state index is 13.1. The number of amides is 1. The molecule has 0 aliphatic rings. The van der Waals surface area contributed by atoms with Crippen molar-refractivity contribution in [3.8, 4) is 34.6 Å². The predicted molar refractivity (Wildman–Crippen MR) is 160 cm³/mol. The van der Waals surface area contributed by atoms with Crippen molar-refractivity contribution in [1.82, 2.24) is 19.3 Å². The highest BCUT2D eigenvalue weighted by Crippen LogP contribution is 2.26. The molecule has 1 unspecified atom stereocenters. The first-order valence-electron chi connectivity index (χ1n) is 13.5. The van der Waals surface area contributed by atoms with E-state index in [4.69, 9.17) is 0 Å². The van der Waals surface area contributed by atoms with E-state index < -0.39 is 18.2 Å². The molecule has 0 aliphatic heterocycles. The lowest BCUT2D eigenvalue weighted by Gasteiger charge is -2.14. The van der Waals surface area contributed by atoms with Crippen LogP contribution in [0, 0.1) is 39.0 Å². The summed E-state index contributed by atoms with van der Waals surface area (Å²) >= 11 is 1.38. The van der Waals surface area contributed by atoms with E-state index in [1.807, 2.05) is 37.6 Å². The number of rotatable bonds is 7. The molecule has 0 saturated carbocycles. The van der Waals surface area contributed by atoms with Crippen molar-refractivity contribution in [3.63, 3.8) is 0 Å². The number of carbonyl (C=O) groups is 1. The van der Waals surface area contributed by atoms with E-state index in [0.717, 1.165) is 28.1 Å². The molecule has 0 saturated heterocycles. The number of alkyl halides is 3. The average Bonchev–Trinajstić information content (AvgIpc) is 3.59. The number of thiazole rings is 1. The molecule has 44 heavy (non-hydrogen) atoms. The number of nitriles is 1. The highest BCUT2D eigenvalue weighted by Gasteiger charge is 2.31. The zero-order valence-electron chi connectivity index (χ0n) is 24.3. The molecule has 0 spiro atoms. The Morgan fingerprint density at radius 1 is 1.05 bits per heavy atom. The second-order valence-electron chi connectivity index (χ2n) is 10.3. The fraction of sp³-hybridized carbons (Fsp3) is 0.219. The van der Waals surface area contributed by atoms with Crippen LogP contribution >= 0.6 is 11.3 Å². The van der Waals surface area contributed by atoms with Gasteiger partial charge in [0.2, 0.25) is 5.91 Å². The van der Waals surface area contributed by atoms with Crippen LogP contribution in [0.1, 0.15) is 40.3 Å². The van der Waals surface area contributed by atoms with E-state index in [1.165, 1.54) is 46.6 Å². The Balaban J connectivity index is 1.31. The minimum Gasteiger partial charge on any atom is -0.406 e. The third-order valence-electron chi connectivity index (χ3n) is 6.89. The summed E-state index contributed by atoms with van der Waals surface area (Å²) in [7, 11) is 0. The van der Waals surface area contributed by atoms with Gasteiger partial charge in [0.1, 0.15) is 12.1 Å². The minimum absolute atomic E-state index is 0.0837. The summed E-state index contributed by atoms with van der Waals surface area (Å²) in [5.74, 6) is -1.06. The van der Waals surface area contributed by atoms with Crippen LogP contribution in [0.3, 0.4) is 0 Å². The SMILES string of the molecule is Cc1cc(C)c(-n2c(C)csc2=NC(=O)CC(C#N)c2ccc(-c3ncn(-c4ccc(OC(F)(F)F)cc4)n3)cc2)c(C)c1. The molecular formula is C32H27F3N6O2S. The van der Waals surface area contributed by atoms with Crippen LogP contribution in [0.4, 0.5) is 13.2 Å². The lowest BCUT2D eigenvalue weighted by Crippen LogP contribution is -2.19. The smallest absolute Gasteiger partial charge is 0.406 e. The van der Waals surface area contributed by atoms with Gasteiger partial charge < -0.3 is 4.74 Å². The number of hydrogen-bond donors (Lipinski definition) is 0. The molecule has 0 bridgehead atoms. The lowest BCUT2D eigenvalue weighted by molar-refractivity contribution is -0.274. The second-order valence-corrected chi connectivity index (χ2v) is 11.1. The van der Waals surface area contributed by atoms with Gasteiger partial charge in [0, 0.05) is 23.1 Å². The third-order valence-corrected chi connectivity index (χ3v) is 7.83. The van der Waals surface area contributed by atoms with Gasteiger partial charge in [0.15, 0.2) is 10.6 Å². The summed E-state index contributed by atoms with van der Waals surface area (Å²) < 4.78 is 44.6. The zero-order chi connectivity index (χ0) is 31.6. The van der Waals surface area contributed by atoms with Crippen LogP contribution in [0.15, 0.2) is 77.4 Å². The molecule has 2 heterocycles. The number of halogens is 3. The van der Waals surface area contributed by atoms with Gasteiger partial charge in [0.05, 0.1) is 23.4 Å². The Kier molecular flexibility index (Phi) is 8.51. The van der Waals surface area contributed by atoms with E-state index >= 15 is 0 Å². The number of aryl methyl sites for hydroxylation is 4. The highest BCUT2D eigenvalue weighted by atomic mass is 32.1. The van der Waals surface area contributed by atoms with Crippen molar-refractivity contribution in [1.29, 1.82) is 5.26 Å². The van der Waals surface area contributed by atoms with Gasteiger partial charge in [-0.2, -0.15) is 10.3 Å². The molecule has 3 aromatic carbocycles. The average molecular weight is 617 g/mol. The van der Waals surface area contributed by atoms with Gasteiger partial charge in [-0.3, -0.25) is 9.36 Å². The van der Waals surface area contributed by atoms with Crippen LogP contribution in [0.5, 0.6) is 5.75 Å². The lowest BCUT2D eigenvalue weighted by atomic mass is 9.96. The zero-order valence-corrected chi connectivity index (χ0v) is 25.1. The number of benzene rings is 3. The number of ether oxygens (including phenoxy) is 1. The monoisotopic (exact) mass is 616 g/mol. The van der Waals surface area contributed by atoms with Crippen molar-refractivity contribution in [2.75, 3.05) is 0 Å². The van der Waals surface area contributed by atoms with E-state index in [-0.39, 0.29) is 12.2 Å². The highest BCUT2D eigenvalue weighted by molar-refractivity contribution is 7.07. The van der Waals surface area contributed by atoms with Crippen LogP contribution < -0.4 is 9.54 Å². The summed E-state index contributed by atoms with van der Waals surface area (Å²) in [6.07, 6.45) is -3.41. The molecule has 5 rings (SSSR count). The van der Waals surface area contributed by atoms with Gasteiger partial charge >= 0.3 is 6.36 Å². The molecule has 8 nitrogen and oxygen atoms in total. The Hall–Kier alpha value is -5.02. The van der Waals surface area contributed by atoms with Crippen LogP contribution in [0.2, 0.25) is 0 Å².